The van der Waals surface area contributed by atoms with Gasteiger partial charge in [-0.1, -0.05) is 78.4 Å². The van der Waals surface area contributed by atoms with E-state index in [4.69, 9.17) is 9.47 Å². The van der Waals surface area contributed by atoms with Gasteiger partial charge in [0, 0.05) is 6.42 Å². The van der Waals surface area contributed by atoms with Crippen molar-refractivity contribution in [3.05, 3.63) is 115 Å². The first-order valence-corrected chi connectivity index (χ1v) is 14.4. The Morgan fingerprint density at radius 3 is 1.79 bits per heavy atom. The number of ether oxygens (including phenoxy) is 2. The molecule has 1 aliphatic rings. The average Bonchev–Trinajstić information content (AvgIpc) is 3.43. The molecule has 0 aromatic heterocycles. The maximum absolute atomic E-state index is 5.54. The highest BCUT2D eigenvalue weighted by molar-refractivity contribution is 7.95. The molecular formula is C31H36O2P+. The number of benzene rings is 3. The van der Waals surface area contributed by atoms with Gasteiger partial charge in [-0.25, -0.2) is 0 Å². The lowest BCUT2D eigenvalue weighted by Crippen LogP contribution is -2.33. The van der Waals surface area contributed by atoms with Gasteiger partial charge in [0.2, 0.25) is 0 Å². The van der Waals surface area contributed by atoms with Crippen LogP contribution in [0.4, 0.5) is 0 Å². The third kappa shape index (κ3) is 6.33. The Hall–Kier alpha value is -2.51. The van der Waals surface area contributed by atoms with Gasteiger partial charge in [-0.05, 0) is 62.6 Å². The summed E-state index contributed by atoms with van der Waals surface area (Å²) < 4.78 is 11.1. The average molecular weight is 472 g/mol. The number of hydrogen-bond acceptors (Lipinski definition) is 2. The topological polar surface area (TPSA) is 18.5 Å². The smallest absolute Gasteiger partial charge is 0.158 e. The Morgan fingerprint density at radius 1 is 0.794 bits per heavy atom. The van der Waals surface area contributed by atoms with E-state index in [1.807, 2.05) is 0 Å². The monoisotopic (exact) mass is 471 g/mol. The summed E-state index contributed by atoms with van der Waals surface area (Å²) in [5, 5.41) is 4.38. The van der Waals surface area contributed by atoms with E-state index in [9.17, 15) is 0 Å². The first kappa shape index (κ1) is 24.6. The van der Waals surface area contributed by atoms with Gasteiger partial charge in [0.1, 0.15) is 23.2 Å². The quantitative estimate of drug-likeness (QED) is 0.183. The molecule has 4 rings (SSSR count). The van der Waals surface area contributed by atoms with Gasteiger partial charge in [-0.15, -0.1) is 0 Å². The van der Waals surface area contributed by atoms with Crippen molar-refractivity contribution in [1.29, 1.82) is 0 Å². The lowest BCUT2D eigenvalue weighted by molar-refractivity contribution is -0.0461. The van der Waals surface area contributed by atoms with Crippen LogP contribution in [0.2, 0.25) is 0 Å². The zero-order valence-electron chi connectivity index (χ0n) is 20.2. The molecule has 0 saturated carbocycles. The molecule has 0 aliphatic carbocycles. The van der Waals surface area contributed by atoms with Gasteiger partial charge in [0.15, 0.2) is 6.29 Å². The lowest BCUT2D eigenvalue weighted by Gasteiger charge is -2.27. The van der Waals surface area contributed by atoms with Gasteiger partial charge in [0.05, 0.1) is 19.4 Å². The molecule has 1 saturated heterocycles. The minimum Gasteiger partial charge on any atom is -0.350 e. The Labute approximate surface area is 205 Å². The van der Waals surface area contributed by atoms with Crippen LogP contribution in [-0.2, 0) is 9.47 Å². The first-order valence-electron chi connectivity index (χ1n) is 12.4. The highest BCUT2D eigenvalue weighted by atomic mass is 31.2. The molecule has 0 spiro atoms. The minimum atomic E-state index is -1.72. The van der Waals surface area contributed by atoms with Crippen LogP contribution >= 0.6 is 7.26 Å². The van der Waals surface area contributed by atoms with E-state index in [0.717, 1.165) is 45.1 Å². The van der Waals surface area contributed by atoms with Crippen LogP contribution in [0.15, 0.2) is 115 Å². The largest absolute Gasteiger partial charge is 0.350 e. The van der Waals surface area contributed by atoms with Crippen molar-refractivity contribution in [2.24, 2.45) is 0 Å². The number of rotatable bonds is 11. The zero-order valence-corrected chi connectivity index (χ0v) is 21.1. The van der Waals surface area contributed by atoms with Gasteiger partial charge in [0.25, 0.3) is 0 Å². The highest BCUT2D eigenvalue weighted by Crippen LogP contribution is 2.55. The van der Waals surface area contributed by atoms with Crippen molar-refractivity contribution >= 4 is 23.2 Å². The molecule has 34 heavy (non-hydrogen) atoms. The van der Waals surface area contributed by atoms with E-state index in [2.05, 4.69) is 116 Å². The highest BCUT2D eigenvalue weighted by Gasteiger charge is 2.44. The fraction of sp³-hybridized carbons (Fsp3) is 0.290. The van der Waals surface area contributed by atoms with Crippen LogP contribution in [0.1, 0.15) is 32.6 Å². The van der Waals surface area contributed by atoms with E-state index in [0.29, 0.717) is 0 Å². The second-order valence-corrected chi connectivity index (χ2v) is 12.4. The van der Waals surface area contributed by atoms with Crippen LogP contribution in [0, 0.1) is 0 Å². The number of allylic oxidation sites excluding steroid dienone is 4. The van der Waals surface area contributed by atoms with Gasteiger partial charge in [-0.2, -0.15) is 0 Å². The molecule has 0 radical (unpaired) electrons. The summed E-state index contributed by atoms with van der Waals surface area (Å²) in [6, 6.07) is 33.4. The molecular weight excluding hydrogens is 435 g/mol. The van der Waals surface area contributed by atoms with E-state index in [-0.39, 0.29) is 6.29 Å². The van der Waals surface area contributed by atoms with Crippen molar-refractivity contribution < 1.29 is 9.47 Å². The van der Waals surface area contributed by atoms with Crippen LogP contribution in [0.25, 0.3) is 0 Å². The molecule has 0 N–H and O–H groups in total. The third-order valence-corrected chi connectivity index (χ3v) is 11.0. The minimum absolute atomic E-state index is 0.0154. The van der Waals surface area contributed by atoms with Crippen LogP contribution in [-0.4, -0.2) is 25.7 Å². The van der Waals surface area contributed by atoms with Gasteiger partial charge >= 0.3 is 0 Å². The van der Waals surface area contributed by atoms with E-state index < -0.39 is 7.26 Å². The summed E-state index contributed by atoms with van der Waals surface area (Å²) in [5.74, 6) is 0. The zero-order chi connectivity index (χ0) is 23.5. The molecule has 2 nitrogen and oxygen atoms in total. The molecule has 3 aromatic carbocycles. The van der Waals surface area contributed by atoms with Crippen molar-refractivity contribution in [3.63, 3.8) is 0 Å². The molecule has 176 valence electrons. The molecule has 0 unspecified atom stereocenters. The molecule has 1 heterocycles. The molecule has 1 fully saturated rings. The molecule has 1 aliphatic heterocycles. The Kier molecular flexibility index (Phi) is 9.27. The molecule has 0 amide bonds. The second-order valence-electron chi connectivity index (χ2n) is 8.83. The second kappa shape index (κ2) is 12.8. The van der Waals surface area contributed by atoms with Gasteiger partial charge in [-0.3, -0.25) is 0 Å². The van der Waals surface area contributed by atoms with Crippen molar-refractivity contribution in [2.75, 3.05) is 19.4 Å². The van der Waals surface area contributed by atoms with Crippen LogP contribution < -0.4 is 15.9 Å². The number of unbranched alkanes of at least 4 members (excludes halogenated alkanes) is 1. The molecule has 0 bridgehead atoms. The van der Waals surface area contributed by atoms with E-state index >= 15 is 0 Å². The SMILES string of the molecule is C/C(=C\C=C\CCC[P+](c1ccccc1)(c1ccccc1)c1ccccc1)CCC1OCCO1. The lowest BCUT2D eigenvalue weighted by atomic mass is 10.1. The first-order chi connectivity index (χ1) is 16.8. The summed E-state index contributed by atoms with van der Waals surface area (Å²) in [7, 11) is -1.72. The predicted molar refractivity (Wildman–Crippen MR) is 147 cm³/mol. The van der Waals surface area contributed by atoms with Crippen LogP contribution in [0.3, 0.4) is 0 Å². The molecule has 3 heteroatoms. The fourth-order valence-corrected chi connectivity index (χ4v) is 9.03. The summed E-state index contributed by atoms with van der Waals surface area (Å²) in [6.45, 7) is 3.65. The Morgan fingerprint density at radius 2 is 1.29 bits per heavy atom. The Bertz CT molecular complexity index is 942. The molecule has 0 atom stereocenters. The summed E-state index contributed by atoms with van der Waals surface area (Å²) in [4.78, 5) is 0. The molecule has 3 aromatic rings. The van der Waals surface area contributed by atoms with E-state index in [1.165, 1.54) is 21.5 Å². The van der Waals surface area contributed by atoms with Gasteiger partial charge < -0.3 is 9.47 Å². The van der Waals surface area contributed by atoms with Crippen molar-refractivity contribution in [3.8, 4) is 0 Å². The van der Waals surface area contributed by atoms with Crippen LogP contribution in [0.5, 0.6) is 0 Å². The maximum atomic E-state index is 5.54. The number of hydrogen-bond donors (Lipinski definition) is 0. The normalized spacial score (nSPS) is 15.3. The predicted octanol–water partition coefficient (Wildman–Crippen LogP) is 6.42. The van der Waals surface area contributed by atoms with Crippen molar-refractivity contribution in [1.82, 2.24) is 0 Å². The summed E-state index contributed by atoms with van der Waals surface area (Å²) >= 11 is 0. The summed E-state index contributed by atoms with van der Waals surface area (Å²) in [6.07, 6.45) is 12.1. The Balaban J connectivity index is 1.47. The summed E-state index contributed by atoms with van der Waals surface area (Å²) in [5.41, 5.74) is 1.37. The third-order valence-electron chi connectivity index (χ3n) is 6.44. The standard InChI is InChI=1S/C31H36O2P/c1-27(22-23-31-32-24-25-33-31)15-7-2-3-14-26-34(28-16-8-4-9-17-28,29-18-10-5-11-19-29)30-20-12-6-13-21-30/h2,4-13,15-21,31H,3,14,22-26H2,1H3/q+1/b7-2+,27-15+. The fourth-order valence-electron chi connectivity index (χ4n) is 4.66. The van der Waals surface area contributed by atoms with E-state index in [1.54, 1.807) is 0 Å². The maximum Gasteiger partial charge on any atom is 0.158 e. The van der Waals surface area contributed by atoms with Crippen molar-refractivity contribution in [2.45, 2.75) is 38.9 Å².